The molecule has 1 heterocycles. The van der Waals surface area contributed by atoms with E-state index in [-0.39, 0.29) is 17.7 Å². The second-order valence-corrected chi connectivity index (χ2v) is 10.1. The fourth-order valence-corrected chi connectivity index (χ4v) is 5.53. The van der Waals surface area contributed by atoms with Crippen LogP contribution in [0.25, 0.3) is 10.9 Å². The van der Waals surface area contributed by atoms with Crippen molar-refractivity contribution in [2.24, 2.45) is 0 Å². The molecule has 3 nitrogen and oxygen atoms in total. The molecule has 0 aliphatic carbocycles. The molecule has 0 radical (unpaired) electrons. The Morgan fingerprint density at radius 2 is 1.32 bits per heavy atom. The molecule has 5 aromatic rings. The van der Waals surface area contributed by atoms with Crippen LogP contribution in [-0.2, 0) is 11.3 Å². The molecule has 0 fully saturated rings. The summed E-state index contributed by atoms with van der Waals surface area (Å²) >= 11 is 0. The summed E-state index contributed by atoms with van der Waals surface area (Å²) in [6.45, 7) is 5.79. The summed E-state index contributed by atoms with van der Waals surface area (Å²) < 4.78 is 2.29. The largest absolute Gasteiger partial charge is 0.356 e. The number of carbonyl (C=O) groups is 1. The van der Waals surface area contributed by atoms with Crippen LogP contribution in [0.3, 0.4) is 0 Å². The van der Waals surface area contributed by atoms with Crippen molar-refractivity contribution in [1.29, 1.82) is 0 Å². The van der Waals surface area contributed by atoms with Crippen LogP contribution in [-0.4, -0.2) is 17.0 Å². The van der Waals surface area contributed by atoms with Gasteiger partial charge in [-0.2, -0.15) is 0 Å². The molecule has 1 aromatic heterocycles. The van der Waals surface area contributed by atoms with Crippen molar-refractivity contribution in [1.82, 2.24) is 9.88 Å². The highest BCUT2D eigenvalue weighted by Crippen LogP contribution is 2.35. The number of rotatable bonds is 10. The van der Waals surface area contributed by atoms with Gasteiger partial charge in [0, 0.05) is 48.4 Å². The van der Waals surface area contributed by atoms with Crippen LogP contribution in [0.5, 0.6) is 0 Å². The Hall–Kier alpha value is -4.11. The minimum atomic E-state index is -0.00709. The van der Waals surface area contributed by atoms with E-state index in [2.05, 4.69) is 127 Å². The summed E-state index contributed by atoms with van der Waals surface area (Å²) in [6, 6.07) is 38.3. The van der Waals surface area contributed by atoms with E-state index in [4.69, 9.17) is 0 Å². The van der Waals surface area contributed by atoms with Crippen LogP contribution >= 0.6 is 0 Å². The van der Waals surface area contributed by atoms with E-state index in [1.165, 1.54) is 38.7 Å². The molecule has 0 unspecified atom stereocenters. The Kier molecular flexibility index (Phi) is 8.04. The lowest BCUT2D eigenvalue weighted by molar-refractivity contribution is -0.121. The summed E-state index contributed by atoms with van der Waals surface area (Å²) in [5.41, 5.74) is 7.39. The van der Waals surface area contributed by atoms with Gasteiger partial charge in [0.05, 0.1) is 0 Å². The number of fused-ring (bicyclic) bond motifs is 1. The third-order valence-corrected chi connectivity index (χ3v) is 7.56. The topological polar surface area (TPSA) is 34.0 Å². The normalized spacial score (nSPS) is 12.1. The van der Waals surface area contributed by atoms with Gasteiger partial charge in [-0.3, -0.25) is 4.79 Å². The van der Waals surface area contributed by atoms with E-state index in [1.807, 2.05) is 12.1 Å². The van der Waals surface area contributed by atoms with Crippen molar-refractivity contribution in [3.63, 3.8) is 0 Å². The monoisotopic (exact) mass is 500 g/mol. The molecule has 4 aromatic carbocycles. The lowest BCUT2D eigenvalue weighted by Crippen LogP contribution is -2.27. The molecular formula is C35H36N2O. The predicted octanol–water partition coefficient (Wildman–Crippen LogP) is 7.83. The van der Waals surface area contributed by atoms with Gasteiger partial charge in [-0.1, -0.05) is 109 Å². The summed E-state index contributed by atoms with van der Waals surface area (Å²) in [6.07, 6.45) is 3.51. The molecule has 0 aliphatic heterocycles. The van der Waals surface area contributed by atoms with Crippen LogP contribution in [0, 0.1) is 6.92 Å². The summed E-state index contributed by atoms with van der Waals surface area (Å²) in [7, 11) is 0. The van der Waals surface area contributed by atoms with Gasteiger partial charge < -0.3 is 9.88 Å². The maximum atomic E-state index is 13.4. The second-order valence-electron chi connectivity index (χ2n) is 10.1. The fraction of sp³-hybridized carbons (Fsp3) is 0.229. The maximum Gasteiger partial charge on any atom is 0.220 e. The zero-order valence-corrected chi connectivity index (χ0v) is 22.3. The number of benzene rings is 4. The van der Waals surface area contributed by atoms with Gasteiger partial charge in [0.1, 0.15) is 0 Å². The Morgan fingerprint density at radius 1 is 0.737 bits per heavy atom. The van der Waals surface area contributed by atoms with Gasteiger partial charge in [-0.25, -0.2) is 0 Å². The van der Waals surface area contributed by atoms with E-state index < -0.39 is 0 Å². The number of amides is 1. The first kappa shape index (κ1) is 25.5. The average Bonchev–Trinajstić information content (AvgIpc) is 3.34. The Labute approximate surface area is 226 Å². The van der Waals surface area contributed by atoms with E-state index in [0.717, 1.165) is 13.0 Å². The molecule has 0 spiro atoms. The number of hydrogen-bond donors (Lipinski definition) is 1. The van der Waals surface area contributed by atoms with Crippen molar-refractivity contribution in [3.8, 4) is 0 Å². The standard InChI is InChI=1S/C35H36N2O/c1-3-37-25-33(31-16-10-11-17-34(31)37)32(29-20-18-26(2)19-21-29)24-35(38)36-23-22-30(27-12-6-4-7-13-27)28-14-8-5-9-15-28/h4-21,25,30,32H,3,22-24H2,1-2H3,(H,36,38)/t32-/m0/s1. The van der Waals surface area contributed by atoms with Crippen LogP contribution in [0.4, 0.5) is 0 Å². The van der Waals surface area contributed by atoms with Crippen molar-refractivity contribution in [2.75, 3.05) is 6.54 Å². The molecule has 38 heavy (non-hydrogen) atoms. The number of carbonyl (C=O) groups excluding carboxylic acids is 1. The minimum Gasteiger partial charge on any atom is -0.356 e. The van der Waals surface area contributed by atoms with Crippen molar-refractivity contribution in [3.05, 3.63) is 143 Å². The molecule has 0 aliphatic rings. The number of nitrogens with zero attached hydrogens (tertiary/aromatic N) is 1. The molecule has 5 rings (SSSR count). The zero-order valence-electron chi connectivity index (χ0n) is 22.3. The maximum absolute atomic E-state index is 13.4. The van der Waals surface area contributed by atoms with Crippen molar-refractivity contribution >= 4 is 16.8 Å². The quantitative estimate of drug-likeness (QED) is 0.208. The van der Waals surface area contributed by atoms with Gasteiger partial charge >= 0.3 is 0 Å². The second kappa shape index (κ2) is 12.0. The smallest absolute Gasteiger partial charge is 0.220 e. The van der Waals surface area contributed by atoms with Crippen LogP contribution in [0.15, 0.2) is 115 Å². The summed E-state index contributed by atoms with van der Waals surface area (Å²) in [5.74, 6) is 0.323. The average molecular weight is 501 g/mol. The molecule has 192 valence electrons. The lowest BCUT2D eigenvalue weighted by Gasteiger charge is -2.20. The number of aromatic nitrogens is 1. The van der Waals surface area contributed by atoms with Crippen LogP contribution < -0.4 is 5.32 Å². The van der Waals surface area contributed by atoms with E-state index >= 15 is 0 Å². The molecule has 0 saturated heterocycles. The molecule has 3 heteroatoms. The van der Waals surface area contributed by atoms with Gasteiger partial charge in [0.15, 0.2) is 0 Å². The SMILES string of the molecule is CCn1cc([C@@H](CC(=O)NCCC(c2ccccc2)c2ccccc2)c2ccc(C)cc2)c2ccccc21. The molecule has 1 N–H and O–H groups in total. The number of nitrogens with one attached hydrogen (secondary N) is 1. The highest BCUT2D eigenvalue weighted by molar-refractivity contribution is 5.86. The third kappa shape index (κ3) is 5.73. The van der Waals surface area contributed by atoms with E-state index in [0.29, 0.717) is 13.0 Å². The molecule has 0 bridgehead atoms. The Morgan fingerprint density at radius 3 is 1.95 bits per heavy atom. The first-order valence-electron chi connectivity index (χ1n) is 13.6. The van der Waals surface area contributed by atoms with Gasteiger partial charge in [-0.05, 0) is 48.6 Å². The van der Waals surface area contributed by atoms with Gasteiger partial charge in [0.25, 0.3) is 0 Å². The molecular weight excluding hydrogens is 464 g/mol. The Bertz CT molecular complexity index is 1430. The van der Waals surface area contributed by atoms with Crippen LogP contribution in [0.1, 0.15) is 59.4 Å². The zero-order chi connectivity index (χ0) is 26.3. The lowest BCUT2D eigenvalue weighted by atomic mass is 9.87. The predicted molar refractivity (Wildman–Crippen MR) is 158 cm³/mol. The summed E-state index contributed by atoms with van der Waals surface area (Å²) in [4.78, 5) is 13.4. The van der Waals surface area contributed by atoms with E-state index in [1.54, 1.807) is 0 Å². The highest BCUT2D eigenvalue weighted by atomic mass is 16.1. The molecule has 1 atom stereocenters. The number of aryl methyl sites for hydroxylation is 2. The van der Waals surface area contributed by atoms with Gasteiger partial charge in [-0.15, -0.1) is 0 Å². The Balaban J connectivity index is 1.36. The van der Waals surface area contributed by atoms with Crippen LogP contribution in [0.2, 0.25) is 0 Å². The fourth-order valence-electron chi connectivity index (χ4n) is 5.53. The highest BCUT2D eigenvalue weighted by Gasteiger charge is 2.23. The number of hydrogen-bond acceptors (Lipinski definition) is 1. The van der Waals surface area contributed by atoms with E-state index in [9.17, 15) is 4.79 Å². The summed E-state index contributed by atoms with van der Waals surface area (Å²) in [5, 5.41) is 4.48. The first-order valence-corrected chi connectivity index (χ1v) is 13.6. The third-order valence-electron chi connectivity index (χ3n) is 7.56. The number of para-hydroxylation sites is 1. The van der Waals surface area contributed by atoms with Gasteiger partial charge in [0.2, 0.25) is 5.91 Å². The molecule has 1 amide bonds. The van der Waals surface area contributed by atoms with Crippen molar-refractivity contribution in [2.45, 2.75) is 45.1 Å². The minimum absolute atomic E-state index is 0.00709. The van der Waals surface area contributed by atoms with Crippen molar-refractivity contribution < 1.29 is 4.79 Å². The molecule has 0 saturated carbocycles. The first-order chi connectivity index (χ1) is 18.6.